The van der Waals surface area contributed by atoms with Gasteiger partial charge < -0.3 is 10.2 Å². The van der Waals surface area contributed by atoms with Gasteiger partial charge in [-0.3, -0.25) is 4.79 Å². The normalized spacial score (nSPS) is 15.6. The first-order chi connectivity index (χ1) is 7.72. The highest BCUT2D eigenvalue weighted by molar-refractivity contribution is 5.69. The number of unbranched alkanes of at least 4 members (excludes halogenated alkanes) is 2. The molecule has 3 nitrogen and oxygen atoms in total. The second-order valence-corrected chi connectivity index (χ2v) is 6.28. The molecule has 0 fully saturated rings. The van der Waals surface area contributed by atoms with Crippen LogP contribution in [0, 0.1) is 11.3 Å². The van der Waals surface area contributed by atoms with E-state index in [2.05, 4.69) is 20.8 Å². The number of hydrogen-bond acceptors (Lipinski definition) is 2. The smallest absolute Gasteiger partial charge is 0.306 e. The number of aliphatic hydroxyl groups excluding tert-OH is 1. The molecule has 102 valence electrons. The van der Waals surface area contributed by atoms with Gasteiger partial charge in [0.2, 0.25) is 0 Å². The Bertz CT molecular complexity index is 216. The summed E-state index contributed by atoms with van der Waals surface area (Å²) < 4.78 is 0. The van der Waals surface area contributed by atoms with Crippen LogP contribution in [0.1, 0.15) is 66.2 Å². The van der Waals surface area contributed by atoms with E-state index >= 15 is 0 Å². The molecule has 0 amide bonds. The van der Waals surface area contributed by atoms with Crippen molar-refractivity contribution in [1.29, 1.82) is 0 Å². The topological polar surface area (TPSA) is 57.5 Å². The van der Waals surface area contributed by atoms with E-state index in [1.165, 1.54) is 6.42 Å². The fourth-order valence-corrected chi connectivity index (χ4v) is 1.98. The molecule has 0 aromatic carbocycles. The quantitative estimate of drug-likeness (QED) is 0.643. The zero-order chi connectivity index (χ0) is 13.5. The molecule has 0 aliphatic heterocycles. The molecule has 2 atom stereocenters. The van der Waals surface area contributed by atoms with Gasteiger partial charge in [-0.15, -0.1) is 0 Å². The zero-order valence-electron chi connectivity index (χ0n) is 11.7. The second kappa shape index (κ2) is 7.70. The molecule has 17 heavy (non-hydrogen) atoms. The van der Waals surface area contributed by atoms with Crippen molar-refractivity contribution in [1.82, 2.24) is 0 Å². The molecule has 2 unspecified atom stereocenters. The fourth-order valence-electron chi connectivity index (χ4n) is 1.98. The number of aliphatic carboxylic acids is 1. The summed E-state index contributed by atoms with van der Waals surface area (Å²) in [7, 11) is 0. The average Bonchev–Trinajstić information content (AvgIpc) is 2.12. The lowest BCUT2D eigenvalue weighted by atomic mass is 9.88. The standard InChI is InChI=1S/C14H28O3/c1-11(15)10-12(13(16)17)8-6-5-7-9-14(2,3)4/h11-12,15H,5-10H2,1-4H3,(H,16,17). The van der Waals surface area contributed by atoms with Crippen LogP contribution in [0.3, 0.4) is 0 Å². The Morgan fingerprint density at radius 1 is 1.18 bits per heavy atom. The third kappa shape index (κ3) is 10.3. The van der Waals surface area contributed by atoms with Crippen molar-refractivity contribution in [3.05, 3.63) is 0 Å². The molecule has 0 aliphatic rings. The van der Waals surface area contributed by atoms with E-state index in [1.807, 2.05) is 0 Å². The summed E-state index contributed by atoms with van der Waals surface area (Å²) in [4.78, 5) is 10.9. The third-order valence-electron chi connectivity index (χ3n) is 2.95. The number of carbonyl (C=O) groups is 1. The summed E-state index contributed by atoms with van der Waals surface area (Å²) in [5.41, 5.74) is 0.367. The molecule has 0 aliphatic carbocycles. The molecule has 0 saturated carbocycles. The maximum Gasteiger partial charge on any atom is 0.306 e. The minimum absolute atomic E-state index is 0.367. The van der Waals surface area contributed by atoms with Gasteiger partial charge in [-0.05, 0) is 31.6 Å². The van der Waals surface area contributed by atoms with Gasteiger partial charge in [0.05, 0.1) is 12.0 Å². The van der Waals surface area contributed by atoms with Gasteiger partial charge in [-0.25, -0.2) is 0 Å². The molecule has 0 aromatic rings. The van der Waals surface area contributed by atoms with Crippen LogP contribution >= 0.6 is 0 Å². The number of hydrogen-bond donors (Lipinski definition) is 2. The Balaban J connectivity index is 3.72. The van der Waals surface area contributed by atoms with Gasteiger partial charge in [0, 0.05) is 0 Å². The van der Waals surface area contributed by atoms with Gasteiger partial charge >= 0.3 is 5.97 Å². The average molecular weight is 244 g/mol. The highest BCUT2D eigenvalue weighted by Crippen LogP contribution is 2.23. The first-order valence-corrected chi connectivity index (χ1v) is 6.63. The molecule has 0 radical (unpaired) electrons. The molecule has 0 bridgehead atoms. The van der Waals surface area contributed by atoms with E-state index in [4.69, 9.17) is 5.11 Å². The molecular weight excluding hydrogens is 216 g/mol. The van der Waals surface area contributed by atoms with E-state index < -0.39 is 12.1 Å². The van der Waals surface area contributed by atoms with E-state index in [0.29, 0.717) is 18.3 Å². The van der Waals surface area contributed by atoms with Gasteiger partial charge in [0.1, 0.15) is 0 Å². The largest absolute Gasteiger partial charge is 0.481 e. The van der Waals surface area contributed by atoms with E-state index in [1.54, 1.807) is 6.92 Å². The maximum absolute atomic E-state index is 10.9. The number of rotatable bonds is 8. The van der Waals surface area contributed by atoms with Crippen molar-refractivity contribution in [2.24, 2.45) is 11.3 Å². The zero-order valence-corrected chi connectivity index (χ0v) is 11.7. The van der Waals surface area contributed by atoms with Gasteiger partial charge in [-0.2, -0.15) is 0 Å². The van der Waals surface area contributed by atoms with Gasteiger partial charge in [-0.1, -0.05) is 40.0 Å². The monoisotopic (exact) mass is 244 g/mol. The molecule has 0 heterocycles. The molecule has 0 rings (SSSR count). The Hall–Kier alpha value is -0.570. The van der Waals surface area contributed by atoms with Crippen LogP contribution in [0.5, 0.6) is 0 Å². The minimum atomic E-state index is -0.776. The number of aliphatic hydroxyl groups is 1. The Morgan fingerprint density at radius 3 is 2.18 bits per heavy atom. The summed E-state index contributed by atoms with van der Waals surface area (Å²) in [5, 5.41) is 18.2. The van der Waals surface area contributed by atoms with E-state index in [0.717, 1.165) is 19.3 Å². The lowest BCUT2D eigenvalue weighted by Crippen LogP contribution is -2.19. The van der Waals surface area contributed by atoms with E-state index in [9.17, 15) is 9.90 Å². The van der Waals surface area contributed by atoms with Crippen LogP contribution in [0.15, 0.2) is 0 Å². The van der Waals surface area contributed by atoms with Gasteiger partial charge in [0.15, 0.2) is 0 Å². The van der Waals surface area contributed by atoms with Crippen molar-refractivity contribution in [3.63, 3.8) is 0 Å². The predicted molar refractivity (Wildman–Crippen MR) is 70.0 cm³/mol. The van der Waals surface area contributed by atoms with Crippen LogP contribution in [0.2, 0.25) is 0 Å². The summed E-state index contributed by atoms with van der Waals surface area (Å²) in [6.45, 7) is 8.32. The molecule has 0 aromatic heterocycles. The fraction of sp³-hybridized carbons (Fsp3) is 0.929. The third-order valence-corrected chi connectivity index (χ3v) is 2.95. The minimum Gasteiger partial charge on any atom is -0.481 e. The highest BCUT2D eigenvalue weighted by atomic mass is 16.4. The van der Waals surface area contributed by atoms with Crippen LogP contribution in [0.4, 0.5) is 0 Å². The summed E-state index contributed by atoms with van der Waals surface area (Å²) >= 11 is 0. The molecule has 2 N–H and O–H groups in total. The Morgan fingerprint density at radius 2 is 1.76 bits per heavy atom. The van der Waals surface area contributed by atoms with E-state index in [-0.39, 0.29) is 5.92 Å². The number of carboxylic acids is 1. The predicted octanol–water partition coefficient (Wildman–Crippen LogP) is 3.45. The lowest BCUT2D eigenvalue weighted by molar-refractivity contribution is -0.143. The van der Waals surface area contributed by atoms with Crippen molar-refractivity contribution in [2.75, 3.05) is 0 Å². The van der Waals surface area contributed by atoms with Crippen molar-refractivity contribution >= 4 is 5.97 Å². The lowest BCUT2D eigenvalue weighted by Gasteiger charge is -2.18. The van der Waals surface area contributed by atoms with Crippen LogP contribution in [-0.2, 0) is 4.79 Å². The van der Waals surface area contributed by atoms with Crippen molar-refractivity contribution in [3.8, 4) is 0 Å². The molecule has 0 saturated heterocycles. The van der Waals surface area contributed by atoms with Crippen LogP contribution < -0.4 is 0 Å². The maximum atomic E-state index is 10.9. The SMILES string of the molecule is CC(O)CC(CCCCCC(C)(C)C)C(=O)O. The van der Waals surface area contributed by atoms with Crippen LogP contribution in [-0.4, -0.2) is 22.3 Å². The first-order valence-electron chi connectivity index (χ1n) is 6.63. The summed E-state index contributed by atoms with van der Waals surface area (Å²) in [5.74, 6) is -1.16. The molecule has 0 spiro atoms. The molecule has 3 heteroatoms. The molecular formula is C14H28O3. The first kappa shape index (κ1) is 16.4. The van der Waals surface area contributed by atoms with Crippen molar-refractivity contribution < 1.29 is 15.0 Å². The van der Waals surface area contributed by atoms with Crippen molar-refractivity contribution in [2.45, 2.75) is 72.3 Å². The van der Waals surface area contributed by atoms with Gasteiger partial charge in [0.25, 0.3) is 0 Å². The summed E-state index contributed by atoms with van der Waals surface area (Å²) in [6.07, 6.45) is 4.90. The highest BCUT2D eigenvalue weighted by Gasteiger charge is 2.19. The Labute approximate surface area is 105 Å². The number of carboxylic acid groups (broad SMARTS) is 1. The second-order valence-electron chi connectivity index (χ2n) is 6.28. The Kier molecular flexibility index (Phi) is 7.44. The van der Waals surface area contributed by atoms with Crippen LogP contribution in [0.25, 0.3) is 0 Å². The summed E-state index contributed by atoms with van der Waals surface area (Å²) in [6, 6.07) is 0.